The predicted octanol–water partition coefficient (Wildman–Crippen LogP) is 2.10. The molecular formula is C20H18N6O2S. The van der Waals surface area contributed by atoms with Crippen molar-refractivity contribution in [2.24, 2.45) is 5.73 Å². The highest BCUT2D eigenvalue weighted by Crippen LogP contribution is 2.26. The molecule has 3 N–H and O–H groups in total. The summed E-state index contributed by atoms with van der Waals surface area (Å²) in [6.07, 6.45) is 1.50. The van der Waals surface area contributed by atoms with Gasteiger partial charge in [0.2, 0.25) is 5.95 Å². The molecule has 3 heterocycles. The fraction of sp³-hybridized carbons (Fsp3) is 0.250. The van der Waals surface area contributed by atoms with E-state index in [9.17, 15) is 14.9 Å². The number of piperidine rings is 1. The van der Waals surface area contributed by atoms with Crippen LogP contribution in [-0.4, -0.2) is 34.3 Å². The molecule has 1 amide bonds. The summed E-state index contributed by atoms with van der Waals surface area (Å²) in [4.78, 5) is 31.6. The van der Waals surface area contributed by atoms with Gasteiger partial charge in [-0.25, -0.2) is 4.98 Å². The number of primary amides is 1. The van der Waals surface area contributed by atoms with Crippen LogP contribution in [0.4, 0.5) is 5.95 Å². The fourth-order valence-electron chi connectivity index (χ4n) is 3.53. The van der Waals surface area contributed by atoms with E-state index >= 15 is 0 Å². The Morgan fingerprint density at radius 3 is 2.90 bits per heavy atom. The van der Waals surface area contributed by atoms with E-state index in [1.165, 1.54) is 4.57 Å². The van der Waals surface area contributed by atoms with E-state index in [1.807, 2.05) is 11.0 Å². The number of nitrogens with one attached hydrogen (secondary N) is 1. The average Bonchev–Trinajstić information content (AvgIpc) is 3.15. The number of nitrogens with zero attached hydrogens (tertiary/aromatic N) is 4. The quantitative estimate of drug-likeness (QED) is 0.685. The lowest BCUT2D eigenvalue weighted by Crippen LogP contribution is -2.40. The van der Waals surface area contributed by atoms with Crippen LogP contribution in [0.15, 0.2) is 34.4 Å². The normalized spacial score (nSPS) is 14.2. The van der Waals surface area contributed by atoms with Crippen LogP contribution in [0.2, 0.25) is 0 Å². The number of thiophene rings is 1. The van der Waals surface area contributed by atoms with E-state index < -0.39 is 5.91 Å². The van der Waals surface area contributed by atoms with Gasteiger partial charge in [0, 0.05) is 17.6 Å². The average molecular weight is 406 g/mol. The number of benzene rings is 1. The highest BCUT2D eigenvalue weighted by atomic mass is 32.1. The van der Waals surface area contributed by atoms with Gasteiger partial charge in [-0.3, -0.25) is 14.2 Å². The Hall–Kier alpha value is -3.51. The van der Waals surface area contributed by atoms with Gasteiger partial charge in [-0.2, -0.15) is 5.26 Å². The Morgan fingerprint density at radius 2 is 2.17 bits per heavy atom. The highest BCUT2D eigenvalue weighted by Gasteiger charge is 2.24. The minimum atomic E-state index is -0.631. The van der Waals surface area contributed by atoms with E-state index in [2.05, 4.69) is 11.1 Å². The zero-order valence-corrected chi connectivity index (χ0v) is 16.3. The van der Waals surface area contributed by atoms with Crippen LogP contribution < -0.4 is 16.2 Å². The van der Waals surface area contributed by atoms with Crippen molar-refractivity contribution in [1.29, 1.82) is 10.7 Å². The molecule has 146 valence electrons. The van der Waals surface area contributed by atoms with Crippen molar-refractivity contribution in [2.75, 3.05) is 18.0 Å². The molecule has 29 heavy (non-hydrogen) atoms. The number of hydrogen-bond acceptors (Lipinski definition) is 7. The fourth-order valence-corrected chi connectivity index (χ4v) is 4.47. The second-order valence-electron chi connectivity index (χ2n) is 6.89. The van der Waals surface area contributed by atoms with Crippen LogP contribution >= 0.6 is 11.3 Å². The van der Waals surface area contributed by atoms with Crippen molar-refractivity contribution in [1.82, 2.24) is 9.55 Å². The maximum atomic E-state index is 13.3. The van der Waals surface area contributed by atoms with Crippen LogP contribution in [-0.2, 0) is 6.54 Å². The maximum absolute atomic E-state index is 13.3. The van der Waals surface area contributed by atoms with Gasteiger partial charge >= 0.3 is 0 Å². The van der Waals surface area contributed by atoms with Crippen molar-refractivity contribution >= 4 is 39.1 Å². The molecule has 0 spiro atoms. The van der Waals surface area contributed by atoms with Crippen molar-refractivity contribution in [2.45, 2.75) is 19.4 Å². The molecule has 1 fully saturated rings. The van der Waals surface area contributed by atoms with E-state index in [0.29, 0.717) is 52.5 Å². The number of aromatic nitrogens is 2. The van der Waals surface area contributed by atoms with Crippen LogP contribution in [0.25, 0.3) is 10.2 Å². The minimum Gasteiger partial charge on any atom is -0.366 e. The van der Waals surface area contributed by atoms with E-state index in [-0.39, 0.29) is 17.7 Å². The lowest BCUT2D eigenvalue weighted by Gasteiger charge is -2.30. The molecule has 2 aromatic heterocycles. The number of fused-ring (bicyclic) bond motifs is 1. The van der Waals surface area contributed by atoms with Crippen LogP contribution in [0.1, 0.15) is 34.3 Å². The first-order valence-electron chi connectivity index (χ1n) is 9.10. The molecule has 0 atom stereocenters. The number of rotatable bonds is 4. The minimum absolute atomic E-state index is 0.175. The van der Waals surface area contributed by atoms with Crippen LogP contribution in [0.5, 0.6) is 0 Å². The van der Waals surface area contributed by atoms with E-state index in [4.69, 9.17) is 11.1 Å². The third-order valence-corrected chi connectivity index (χ3v) is 5.92. The Bertz CT molecular complexity index is 1240. The number of nitriles is 1. The van der Waals surface area contributed by atoms with Gasteiger partial charge in [0.1, 0.15) is 10.2 Å². The smallest absolute Gasteiger partial charge is 0.273 e. The summed E-state index contributed by atoms with van der Waals surface area (Å²) in [5.41, 5.74) is 7.45. The maximum Gasteiger partial charge on any atom is 0.273 e. The monoisotopic (exact) mass is 406 g/mol. The van der Waals surface area contributed by atoms with Crippen molar-refractivity contribution in [3.63, 3.8) is 0 Å². The summed E-state index contributed by atoms with van der Waals surface area (Å²) < 4.78 is 1.88. The summed E-state index contributed by atoms with van der Waals surface area (Å²) in [6, 6.07) is 9.26. The Kier molecular flexibility index (Phi) is 4.86. The number of nitrogens with two attached hydrogens (primary N) is 1. The number of carbonyl (C=O) groups excluding carboxylic acids is 1. The number of hydrogen-bond donors (Lipinski definition) is 2. The molecule has 0 radical (unpaired) electrons. The predicted molar refractivity (Wildman–Crippen MR) is 112 cm³/mol. The van der Waals surface area contributed by atoms with E-state index in [1.54, 1.807) is 23.6 Å². The molecule has 0 bridgehead atoms. The topological polar surface area (TPSA) is 129 Å². The molecule has 0 saturated carbocycles. The Balaban J connectivity index is 1.93. The zero-order chi connectivity index (χ0) is 20.5. The molecule has 4 rings (SSSR count). The molecule has 1 aromatic carbocycles. The first-order valence-corrected chi connectivity index (χ1v) is 9.98. The second kappa shape index (κ2) is 7.48. The standard InChI is InChI=1S/C20H18N6O2S/c21-8-12-4-1-2-5-13(12)9-26-19(28)17-16(15(11-29-17)18(23)27)24-20(26)25-7-3-6-14(22)10-25/h1-2,4-5,11,22H,3,6-7,9-10H2,(H2,23,27). The Morgan fingerprint density at radius 1 is 1.38 bits per heavy atom. The summed E-state index contributed by atoms with van der Waals surface area (Å²) in [6.45, 7) is 1.19. The lowest BCUT2D eigenvalue weighted by atomic mass is 10.1. The molecule has 1 aliphatic rings. The van der Waals surface area contributed by atoms with Gasteiger partial charge in [-0.05, 0) is 24.5 Å². The van der Waals surface area contributed by atoms with Crippen LogP contribution in [0, 0.1) is 16.7 Å². The molecule has 1 saturated heterocycles. The summed E-state index contributed by atoms with van der Waals surface area (Å²) in [5.74, 6) is -0.242. The molecule has 8 nitrogen and oxygen atoms in total. The summed E-state index contributed by atoms with van der Waals surface area (Å²) in [5, 5.41) is 19.0. The van der Waals surface area contributed by atoms with Crippen molar-refractivity contribution in [3.05, 3.63) is 56.7 Å². The Labute approximate surface area is 170 Å². The number of anilines is 1. The number of amides is 1. The van der Waals surface area contributed by atoms with E-state index in [0.717, 1.165) is 17.8 Å². The molecule has 0 aliphatic carbocycles. The largest absolute Gasteiger partial charge is 0.366 e. The lowest BCUT2D eigenvalue weighted by molar-refractivity contribution is 0.100. The van der Waals surface area contributed by atoms with Crippen molar-refractivity contribution < 1.29 is 4.79 Å². The molecule has 3 aromatic rings. The van der Waals surface area contributed by atoms with Gasteiger partial charge in [0.25, 0.3) is 11.5 Å². The third-order valence-electron chi connectivity index (χ3n) is 4.96. The van der Waals surface area contributed by atoms with Gasteiger partial charge in [-0.15, -0.1) is 11.3 Å². The highest BCUT2D eigenvalue weighted by molar-refractivity contribution is 7.17. The summed E-state index contributed by atoms with van der Waals surface area (Å²) in [7, 11) is 0. The van der Waals surface area contributed by atoms with Crippen molar-refractivity contribution in [3.8, 4) is 6.07 Å². The van der Waals surface area contributed by atoms with Crippen LogP contribution in [0.3, 0.4) is 0 Å². The van der Waals surface area contributed by atoms with Gasteiger partial charge in [0.05, 0.1) is 30.3 Å². The summed E-state index contributed by atoms with van der Waals surface area (Å²) >= 11 is 1.14. The van der Waals surface area contributed by atoms with Gasteiger partial charge < -0.3 is 16.0 Å². The first kappa shape index (κ1) is 18.8. The molecule has 0 unspecified atom stereocenters. The SMILES string of the molecule is N#Cc1ccccc1Cn1c(N2CCCC(=N)C2)nc2c(C(N)=O)csc2c1=O. The first-order chi connectivity index (χ1) is 14.0. The molecule has 1 aliphatic heterocycles. The van der Waals surface area contributed by atoms with Gasteiger partial charge in [0.15, 0.2) is 0 Å². The second-order valence-corrected chi connectivity index (χ2v) is 7.77. The molecule has 9 heteroatoms. The zero-order valence-electron chi connectivity index (χ0n) is 15.5. The third kappa shape index (κ3) is 3.39. The molecular weight excluding hydrogens is 388 g/mol. The van der Waals surface area contributed by atoms with Gasteiger partial charge in [-0.1, -0.05) is 18.2 Å². The number of carbonyl (C=O) groups is 1.